The van der Waals surface area contributed by atoms with Crippen LogP contribution < -0.4 is 10.2 Å². The molecule has 0 saturated carbocycles. The van der Waals surface area contributed by atoms with E-state index in [-0.39, 0.29) is 6.04 Å². The number of fused-ring (bicyclic) bond motifs is 3. The number of nitrogens with zero attached hydrogens (tertiary/aromatic N) is 6. The van der Waals surface area contributed by atoms with Gasteiger partial charge in [-0.2, -0.15) is 0 Å². The highest BCUT2D eigenvalue weighted by atomic mass is 15.4. The van der Waals surface area contributed by atoms with Crippen molar-refractivity contribution in [1.82, 2.24) is 24.3 Å². The molecule has 3 aromatic heterocycles. The van der Waals surface area contributed by atoms with Crippen molar-refractivity contribution in [1.29, 1.82) is 0 Å². The van der Waals surface area contributed by atoms with E-state index in [1.165, 1.54) is 12.0 Å². The van der Waals surface area contributed by atoms with Crippen molar-refractivity contribution in [3.8, 4) is 11.3 Å². The van der Waals surface area contributed by atoms with E-state index < -0.39 is 0 Å². The third-order valence-corrected chi connectivity index (χ3v) is 7.29. The van der Waals surface area contributed by atoms with Crippen LogP contribution in [0.5, 0.6) is 0 Å². The molecule has 2 aliphatic heterocycles. The average molecular weight is 454 g/mol. The van der Waals surface area contributed by atoms with E-state index >= 15 is 0 Å². The van der Waals surface area contributed by atoms with Crippen LogP contribution >= 0.6 is 0 Å². The number of aromatic nitrogens is 4. The van der Waals surface area contributed by atoms with E-state index in [4.69, 9.17) is 4.98 Å². The van der Waals surface area contributed by atoms with Gasteiger partial charge in [-0.1, -0.05) is 30.3 Å². The van der Waals surface area contributed by atoms with Crippen molar-refractivity contribution in [3.05, 3.63) is 72.7 Å². The molecule has 2 fully saturated rings. The Morgan fingerprint density at radius 2 is 1.79 bits per heavy atom. The first-order valence-electron chi connectivity index (χ1n) is 12.2. The molecule has 2 saturated heterocycles. The standard InChI is InChI=1S/C27H31N7/c1-18(2)33-16-23-14-22(33)17-34(23)27-31-24(15-26-29-11-12-32(26)27)21-9-10-28-25(13-21)30-19(3)20-7-5-4-6-8-20/h4-13,15,18-19,22-23H,14,16-17H2,1-3H3,(H,28,30). The Morgan fingerprint density at radius 1 is 0.941 bits per heavy atom. The molecule has 0 radical (unpaired) electrons. The van der Waals surface area contributed by atoms with Crippen LogP contribution in [0.15, 0.2) is 67.1 Å². The van der Waals surface area contributed by atoms with Crippen LogP contribution in [0.3, 0.4) is 0 Å². The molecule has 2 aliphatic rings. The third kappa shape index (κ3) is 3.70. The highest BCUT2D eigenvalue weighted by Gasteiger charge is 2.45. The van der Waals surface area contributed by atoms with Gasteiger partial charge >= 0.3 is 0 Å². The fourth-order valence-electron chi connectivity index (χ4n) is 5.55. The molecule has 1 aromatic carbocycles. The molecule has 7 nitrogen and oxygen atoms in total. The highest BCUT2D eigenvalue weighted by Crippen LogP contribution is 2.36. The zero-order valence-electron chi connectivity index (χ0n) is 20.0. The van der Waals surface area contributed by atoms with E-state index in [9.17, 15) is 0 Å². The Labute approximate surface area is 200 Å². The van der Waals surface area contributed by atoms with Crippen LogP contribution in [-0.4, -0.2) is 55.5 Å². The van der Waals surface area contributed by atoms with Crippen molar-refractivity contribution in [2.24, 2.45) is 0 Å². The van der Waals surface area contributed by atoms with Crippen LogP contribution in [0.1, 0.15) is 38.8 Å². The smallest absolute Gasteiger partial charge is 0.212 e. The molecule has 4 aromatic rings. The first-order valence-corrected chi connectivity index (χ1v) is 12.2. The number of hydrogen-bond acceptors (Lipinski definition) is 6. The Bertz CT molecular complexity index is 1300. The number of benzene rings is 1. The molecular weight excluding hydrogens is 422 g/mol. The van der Waals surface area contributed by atoms with Crippen molar-refractivity contribution >= 4 is 17.4 Å². The maximum Gasteiger partial charge on any atom is 0.212 e. The Kier molecular flexibility index (Phi) is 5.21. The number of anilines is 2. The maximum atomic E-state index is 5.17. The second kappa shape index (κ2) is 8.40. The lowest BCUT2D eigenvalue weighted by molar-refractivity contribution is 0.190. The van der Waals surface area contributed by atoms with Crippen molar-refractivity contribution in [3.63, 3.8) is 0 Å². The summed E-state index contributed by atoms with van der Waals surface area (Å²) in [4.78, 5) is 19.5. The summed E-state index contributed by atoms with van der Waals surface area (Å²) in [6.07, 6.45) is 6.95. The van der Waals surface area contributed by atoms with Gasteiger partial charge in [0.2, 0.25) is 5.95 Å². The molecule has 3 atom stereocenters. The fourth-order valence-corrected chi connectivity index (χ4v) is 5.55. The normalized spacial score (nSPS) is 21.0. The lowest BCUT2D eigenvalue weighted by atomic mass is 10.1. The molecule has 1 N–H and O–H groups in total. The molecule has 0 aliphatic carbocycles. The van der Waals surface area contributed by atoms with Gasteiger partial charge in [0.05, 0.1) is 5.69 Å². The number of pyridine rings is 1. The summed E-state index contributed by atoms with van der Waals surface area (Å²) in [6, 6.07) is 18.5. The number of likely N-dealkylation sites (tertiary alicyclic amines) is 1. The predicted octanol–water partition coefficient (Wildman–Crippen LogP) is 4.64. The Balaban J connectivity index is 1.31. The summed E-state index contributed by atoms with van der Waals surface area (Å²) in [6.45, 7) is 8.87. The minimum Gasteiger partial charge on any atom is -0.364 e. The number of hydrogen-bond donors (Lipinski definition) is 1. The summed E-state index contributed by atoms with van der Waals surface area (Å²) in [5.74, 6) is 1.83. The first-order chi connectivity index (χ1) is 16.6. The van der Waals surface area contributed by atoms with Gasteiger partial charge in [-0.15, -0.1) is 0 Å². The second-order valence-corrected chi connectivity index (χ2v) is 9.79. The zero-order chi connectivity index (χ0) is 23.2. The molecule has 5 heterocycles. The van der Waals surface area contributed by atoms with E-state index in [1.807, 2.05) is 30.7 Å². The second-order valence-electron chi connectivity index (χ2n) is 9.79. The molecule has 34 heavy (non-hydrogen) atoms. The molecule has 6 rings (SSSR count). The van der Waals surface area contributed by atoms with Gasteiger partial charge in [-0.25, -0.2) is 15.0 Å². The minimum absolute atomic E-state index is 0.159. The van der Waals surface area contributed by atoms with Crippen LogP contribution in [0.25, 0.3) is 16.9 Å². The molecule has 0 amide bonds. The average Bonchev–Trinajstić information content (AvgIpc) is 3.60. The fraction of sp³-hybridized carbons (Fsp3) is 0.370. The zero-order valence-corrected chi connectivity index (χ0v) is 20.0. The predicted molar refractivity (Wildman–Crippen MR) is 136 cm³/mol. The van der Waals surface area contributed by atoms with Crippen LogP contribution in [0.2, 0.25) is 0 Å². The van der Waals surface area contributed by atoms with Gasteiger partial charge in [0.1, 0.15) is 11.5 Å². The molecule has 174 valence electrons. The van der Waals surface area contributed by atoms with E-state index in [2.05, 4.69) is 86.7 Å². The molecule has 7 heteroatoms. The molecular formula is C27H31N7. The van der Waals surface area contributed by atoms with Gasteiger partial charge < -0.3 is 10.2 Å². The number of nitrogens with one attached hydrogen (secondary N) is 1. The Hall–Kier alpha value is -3.45. The highest BCUT2D eigenvalue weighted by molar-refractivity contribution is 5.68. The van der Waals surface area contributed by atoms with Gasteiger partial charge in [0.15, 0.2) is 0 Å². The van der Waals surface area contributed by atoms with E-state index in [0.29, 0.717) is 18.1 Å². The van der Waals surface area contributed by atoms with Gasteiger partial charge in [-0.3, -0.25) is 9.30 Å². The maximum absolute atomic E-state index is 5.17. The van der Waals surface area contributed by atoms with Gasteiger partial charge in [0.25, 0.3) is 0 Å². The van der Waals surface area contributed by atoms with E-state index in [1.54, 1.807) is 0 Å². The molecule has 0 spiro atoms. The summed E-state index contributed by atoms with van der Waals surface area (Å²) >= 11 is 0. The van der Waals surface area contributed by atoms with Crippen LogP contribution in [-0.2, 0) is 0 Å². The summed E-state index contributed by atoms with van der Waals surface area (Å²) < 4.78 is 2.13. The third-order valence-electron chi connectivity index (χ3n) is 7.29. The lowest BCUT2D eigenvalue weighted by Crippen LogP contribution is -2.49. The number of imidazole rings is 1. The van der Waals surface area contributed by atoms with Gasteiger partial charge in [0, 0.05) is 67.5 Å². The van der Waals surface area contributed by atoms with Crippen molar-refractivity contribution < 1.29 is 0 Å². The number of rotatable bonds is 6. The van der Waals surface area contributed by atoms with E-state index in [0.717, 1.165) is 41.8 Å². The summed E-state index contributed by atoms with van der Waals surface area (Å²) in [5.41, 5.74) is 4.12. The first kappa shape index (κ1) is 21.1. The number of piperazine rings is 1. The lowest BCUT2D eigenvalue weighted by Gasteiger charge is -2.37. The quantitative estimate of drug-likeness (QED) is 0.459. The monoisotopic (exact) mass is 453 g/mol. The Morgan fingerprint density at radius 3 is 2.56 bits per heavy atom. The van der Waals surface area contributed by atoms with Crippen molar-refractivity contribution in [2.75, 3.05) is 23.3 Å². The van der Waals surface area contributed by atoms with Crippen LogP contribution in [0.4, 0.5) is 11.8 Å². The van der Waals surface area contributed by atoms with Crippen molar-refractivity contribution in [2.45, 2.75) is 51.4 Å². The molecule has 2 bridgehead atoms. The summed E-state index contributed by atoms with van der Waals surface area (Å²) in [7, 11) is 0. The largest absolute Gasteiger partial charge is 0.364 e. The summed E-state index contributed by atoms with van der Waals surface area (Å²) in [5, 5.41) is 3.53. The van der Waals surface area contributed by atoms with Gasteiger partial charge in [-0.05, 0) is 44.9 Å². The van der Waals surface area contributed by atoms with Crippen LogP contribution in [0, 0.1) is 0 Å². The SMILES string of the molecule is CC(Nc1cc(-c2cc3nccn3c(N3CC4CC3CN4C(C)C)n2)ccn1)c1ccccc1. The minimum atomic E-state index is 0.159. The topological polar surface area (TPSA) is 61.6 Å². The molecule has 3 unspecified atom stereocenters.